The lowest BCUT2D eigenvalue weighted by Crippen LogP contribution is -2.23. The number of hydrogen-bond acceptors (Lipinski definition) is 24. The number of fused-ring (bicyclic) bond motifs is 2. The van der Waals surface area contributed by atoms with Crippen LogP contribution in [0.25, 0.3) is 44.6 Å². The van der Waals surface area contributed by atoms with Crippen LogP contribution in [0.5, 0.6) is 11.5 Å². The van der Waals surface area contributed by atoms with Crippen molar-refractivity contribution in [3.63, 3.8) is 0 Å². The van der Waals surface area contributed by atoms with Gasteiger partial charge in [0.15, 0.2) is 11.4 Å². The second-order valence-corrected chi connectivity index (χ2v) is 29.7. The highest BCUT2D eigenvalue weighted by Gasteiger charge is 2.37. The van der Waals surface area contributed by atoms with E-state index < -0.39 is 54.3 Å². The Morgan fingerprint density at radius 3 is 1.34 bits per heavy atom. The number of ether oxygens (including phenoxy) is 1. The van der Waals surface area contributed by atoms with E-state index in [1.165, 1.54) is 71.6 Å². The molecule has 0 unspecified atom stereocenters. The minimum atomic E-state index is -4.70. The van der Waals surface area contributed by atoms with Crippen LogP contribution in [0.3, 0.4) is 0 Å². The van der Waals surface area contributed by atoms with E-state index in [0.29, 0.717) is 48.1 Å². The number of aliphatic hydroxyl groups excluding tert-OH is 2. The van der Waals surface area contributed by atoms with Gasteiger partial charge in [-0.25, -0.2) is 47.7 Å². The molecule has 14 rings (SSSR count). The number of phenols is 1. The lowest BCUT2D eigenvalue weighted by atomic mass is 10.0. The van der Waals surface area contributed by atoms with E-state index in [4.69, 9.17) is 25.7 Å². The maximum atomic E-state index is 13.9. The van der Waals surface area contributed by atoms with Crippen LogP contribution in [0.2, 0.25) is 0 Å². The lowest BCUT2D eigenvalue weighted by Gasteiger charge is -2.19. The van der Waals surface area contributed by atoms with E-state index in [1.807, 2.05) is 72.9 Å². The summed E-state index contributed by atoms with van der Waals surface area (Å²) in [5.41, 5.74) is 0.151. The zero-order valence-corrected chi connectivity index (χ0v) is 64.4. The number of phenolic OH excluding ortho intramolecular Hbond substituents is 1. The van der Waals surface area contributed by atoms with Gasteiger partial charge < -0.3 is 34.8 Å². The summed E-state index contributed by atoms with van der Waals surface area (Å²) < 4.78 is 152. The molecule has 3 atom stereocenters. The SMILES string of the molecule is CS(=O)(=O)Cl.CS(=O)(=O)OC[C@@H]1CCN(c2ccccn2)C1.Cn1nnc2c(C#N)nc(-c3ccc(O)c(C(F)(F)F)c3)cc21.Cn1nnc2c(C#N)nc(-c3ccc(OC[C@@H]4CCN(c5ccccn5)C4)c(C(F)(F)F)c3)cc21.Fc1ccccn1.OCC1CCCC1.OC[C@@H]1CCN(c2ccccn2)C1.[3H][B].[AlH2]. The van der Waals surface area contributed by atoms with E-state index in [9.17, 15) is 57.9 Å². The fourth-order valence-corrected chi connectivity index (χ4v) is 12.0. The highest BCUT2D eigenvalue weighted by atomic mass is 35.7. The molecule has 3 aliphatic heterocycles. The number of anilines is 3. The van der Waals surface area contributed by atoms with E-state index in [2.05, 4.69) is 84.3 Å². The van der Waals surface area contributed by atoms with Gasteiger partial charge in [0, 0.05) is 139 Å². The molecule has 26 nitrogen and oxygen atoms in total. The Hall–Kier alpha value is -9.70. The van der Waals surface area contributed by atoms with Gasteiger partial charge in [-0.3, -0.25) is 4.18 Å². The molecule has 0 spiro atoms. The fourth-order valence-electron chi connectivity index (χ4n) is 11.6. The Morgan fingerprint density at radius 1 is 0.578 bits per heavy atom. The van der Waals surface area contributed by atoms with Gasteiger partial charge in [0.25, 0.3) is 10.1 Å². The Labute approximate surface area is 643 Å². The van der Waals surface area contributed by atoms with Crippen molar-refractivity contribution in [2.24, 2.45) is 37.8 Å². The minimum absolute atomic E-state index is 0. The maximum absolute atomic E-state index is 13.9. The molecule has 4 aliphatic rings. The molecule has 38 heteroatoms. The summed E-state index contributed by atoms with van der Waals surface area (Å²) in [7, 11) is 4.96. The van der Waals surface area contributed by atoms with Gasteiger partial charge >= 0.3 is 12.4 Å². The van der Waals surface area contributed by atoms with Crippen molar-refractivity contribution in [2.45, 2.75) is 57.3 Å². The number of benzene rings is 2. The largest absolute Gasteiger partial charge is 0.507 e. The smallest absolute Gasteiger partial charge is 0.419 e. The van der Waals surface area contributed by atoms with Gasteiger partial charge in [0.1, 0.15) is 69.5 Å². The summed E-state index contributed by atoms with van der Waals surface area (Å²) in [6, 6.07) is 35.6. The highest BCUT2D eigenvalue weighted by Crippen LogP contribution is 2.41. The third kappa shape index (κ3) is 27.1. The first-order valence-electron chi connectivity index (χ1n) is 34.0. The van der Waals surface area contributed by atoms with Crippen LogP contribution in [-0.2, 0) is 49.8 Å². The van der Waals surface area contributed by atoms with Crippen molar-refractivity contribution >= 4 is 95.1 Å². The zero-order valence-electron chi connectivity index (χ0n) is 61.0. The van der Waals surface area contributed by atoms with Gasteiger partial charge in [-0.15, -0.1) is 10.2 Å². The van der Waals surface area contributed by atoms with Gasteiger partial charge in [-0.1, -0.05) is 47.5 Å². The summed E-state index contributed by atoms with van der Waals surface area (Å²) in [5.74, 6) is 2.70. The zero-order chi connectivity index (χ0) is 79.5. The van der Waals surface area contributed by atoms with E-state index in [-0.39, 0.29) is 87.6 Å². The summed E-state index contributed by atoms with van der Waals surface area (Å²) in [6.07, 6.45) is 7.39. The van der Waals surface area contributed by atoms with Gasteiger partial charge in [-0.05, 0) is 136 Å². The molecular formula is C71H80AlBClF7N17O9S2. The van der Waals surface area contributed by atoms with Crippen molar-refractivity contribution in [3.05, 3.63) is 175 Å². The van der Waals surface area contributed by atoms with E-state index in [0.717, 1.165) is 100 Å². The molecule has 1 aliphatic carbocycles. The third-order valence-corrected chi connectivity index (χ3v) is 17.5. The van der Waals surface area contributed by atoms with Crippen molar-refractivity contribution in [1.29, 1.82) is 11.9 Å². The molecule has 1 saturated carbocycles. The second-order valence-electron chi connectivity index (χ2n) is 25.1. The van der Waals surface area contributed by atoms with Crippen LogP contribution in [-0.4, -0.2) is 197 Å². The van der Waals surface area contributed by atoms with Crippen molar-refractivity contribution in [2.75, 3.05) is 92.9 Å². The topological polar surface area (TPSA) is 343 Å². The number of aromatic hydroxyl groups is 1. The van der Waals surface area contributed by atoms with E-state index >= 15 is 0 Å². The predicted octanol–water partition coefficient (Wildman–Crippen LogP) is 9.64. The Morgan fingerprint density at radius 2 is 0.982 bits per heavy atom. The molecule has 109 heavy (non-hydrogen) atoms. The fraction of sp³-hybridized carbons (Fsp3) is 0.380. The number of alkyl halides is 6. The standard InChI is InChI=1S/C24H20F3N7O.C14H8F3N5O.C11H16N2O3S.C10H14N2O.C6H12O.C5H4FN.CH3ClO2S.Al.BH.2H/c1-33-20-11-18(30-19(12-28)23(20)31-32-33)16-5-6-21(17(10-16)24(25,26)27)35-14-15-7-9-34(13-15)22-4-2-3-8-29-22;1-22-11-5-9(19-10(6-18)13(11)20-21-22)7-2-3-12(23)8(4-7)14(15,16)17;1-17(14,15)16-9-10-5-7-13(8-10)11-4-2-3-6-12-11;13-8-9-4-6-12(7-9)10-3-1-2-5-11-10;7-5-6-3-1-2-4-6;6-5-3-1-2-4-7-5;1-5(2,3)4;;;;/h2-6,8,10-11,15H,7,9,13-14H2,1H3;2-5,23H,1H3;2-4,6,10H,5,7-9H2,1H3;1-3,5,9,13H,4,6-8H2;6-7H,1-5H2;1-4H;1H3;;1H;;/t15-;;10-;9-;;;;;;;/m1.11......./s1/i;;;;;;;;1T;;. The number of nitriles is 2. The van der Waals surface area contributed by atoms with Crippen molar-refractivity contribution < 1.29 is 71.8 Å². The molecule has 11 heterocycles. The summed E-state index contributed by atoms with van der Waals surface area (Å²) in [4.78, 5) is 30.9. The number of aromatic nitrogens is 12. The van der Waals surface area contributed by atoms with Crippen LogP contribution >= 0.6 is 10.7 Å². The highest BCUT2D eigenvalue weighted by molar-refractivity contribution is 8.13. The number of pyridine rings is 6. The molecule has 0 amide bonds. The Balaban J connectivity index is 0.000000218. The van der Waals surface area contributed by atoms with Crippen LogP contribution < -0.4 is 19.4 Å². The van der Waals surface area contributed by atoms with Gasteiger partial charge in [0.05, 0.1) is 59.3 Å². The number of aryl methyl sites for hydroxylation is 2. The first-order valence-corrected chi connectivity index (χ1v) is 37.9. The number of aliphatic hydroxyl groups is 2. The summed E-state index contributed by atoms with van der Waals surface area (Å²) in [5, 5.41) is 60.8. The van der Waals surface area contributed by atoms with E-state index in [1.54, 1.807) is 44.7 Å². The Kier molecular flexibility index (Phi) is 32.7. The molecule has 3 saturated heterocycles. The minimum Gasteiger partial charge on any atom is -0.507 e. The molecule has 8 aromatic heterocycles. The third-order valence-electron chi connectivity index (χ3n) is 17.0. The molecule has 3 N–H and O–H groups in total. The second kappa shape index (κ2) is 41.2. The average molecular weight is 1590 g/mol. The summed E-state index contributed by atoms with van der Waals surface area (Å²) >= 11 is 0. The lowest BCUT2D eigenvalue weighted by molar-refractivity contribution is -0.139. The molecule has 4 fully saturated rings. The molecule has 3 radical (unpaired) electrons. The van der Waals surface area contributed by atoms with Crippen molar-refractivity contribution in [3.8, 4) is 46.2 Å². The van der Waals surface area contributed by atoms with Crippen LogP contribution in [0, 0.1) is 52.3 Å². The number of halogens is 8. The number of rotatable bonds is 13. The van der Waals surface area contributed by atoms with Crippen LogP contribution in [0.1, 0.15) is 67.5 Å². The summed E-state index contributed by atoms with van der Waals surface area (Å²) in [6.45, 7) is 6.22. The van der Waals surface area contributed by atoms with Crippen LogP contribution in [0.15, 0.2) is 146 Å². The number of hydrogen-bond donors (Lipinski definition) is 3. The number of nitrogens with zero attached hydrogens (tertiary/aromatic N) is 17. The molecule has 2 aromatic carbocycles. The van der Waals surface area contributed by atoms with Crippen LogP contribution in [0.4, 0.5) is 48.2 Å². The first kappa shape index (κ1) is 86.5. The maximum Gasteiger partial charge on any atom is 0.419 e. The first-order chi connectivity index (χ1) is 51.9. The Bertz CT molecular complexity index is 4850. The van der Waals surface area contributed by atoms with Gasteiger partial charge in [0.2, 0.25) is 15.0 Å². The molecule has 0 bridgehead atoms. The van der Waals surface area contributed by atoms with Gasteiger partial charge in [-0.2, -0.15) is 49.7 Å². The van der Waals surface area contributed by atoms with Crippen molar-refractivity contribution in [1.82, 2.24) is 59.9 Å². The normalized spacial score (nSPS) is 16.1. The molecule has 10 aromatic rings. The quantitative estimate of drug-likeness (QED) is 0.0318. The average Bonchev–Trinajstić information content (AvgIpc) is 1.41. The monoisotopic (exact) mass is 1590 g/mol. The molecule has 577 valence electrons. The molecular weight excluding hydrogens is 1510 g/mol. The predicted molar refractivity (Wildman–Crippen MR) is 401 cm³/mol.